The van der Waals surface area contributed by atoms with Crippen LogP contribution in [0.1, 0.15) is 46.9 Å². The second-order valence-corrected chi connectivity index (χ2v) is 10.5. The van der Waals surface area contributed by atoms with E-state index in [9.17, 15) is 14.7 Å². The first-order valence-electron chi connectivity index (χ1n) is 13.2. The normalized spacial score (nSPS) is 21.5. The lowest BCUT2D eigenvalue weighted by Gasteiger charge is -2.40. The number of carbonyl (C=O) groups is 2. The average Bonchev–Trinajstić information content (AvgIpc) is 3.52. The lowest BCUT2D eigenvalue weighted by Crippen LogP contribution is -2.54. The molecular formula is C27H36N6O5. The van der Waals surface area contributed by atoms with Crippen LogP contribution in [0.25, 0.3) is 0 Å². The molecule has 11 heteroatoms. The summed E-state index contributed by atoms with van der Waals surface area (Å²) in [4.78, 5) is 42.3. The van der Waals surface area contributed by atoms with Crippen LogP contribution in [-0.2, 0) is 13.1 Å². The summed E-state index contributed by atoms with van der Waals surface area (Å²) in [5.41, 5.74) is 3.13. The third kappa shape index (κ3) is 5.07. The number of benzene rings is 1. The molecule has 5 rings (SSSR count). The Labute approximate surface area is 222 Å². The summed E-state index contributed by atoms with van der Waals surface area (Å²) in [6, 6.07) is 6.04. The van der Waals surface area contributed by atoms with E-state index in [2.05, 4.69) is 16.8 Å². The maximum Gasteiger partial charge on any atom is 0.407 e. The van der Waals surface area contributed by atoms with Gasteiger partial charge in [0.25, 0.3) is 5.91 Å². The molecule has 0 bridgehead atoms. The number of hydrogen-bond donors (Lipinski definition) is 1. The number of methoxy groups -OCH3 is 1. The Morgan fingerprint density at radius 3 is 2.63 bits per heavy atom. The van der Waals surface area contributed by atoms with E-state index in [1.165, 1.54) is 4.90 Å². The van der Waals surface area contributed by atoms with Crippen molar-refractivity contribution in [1.29, 1.82) is 0 Å². The summed E-state index contributed by atoms with van der Waals surface area (Å²) in [5.74, 6) is 1.26. The van der Waals surface area contributed by atoms with Crippen LogP contribution in [0.5, 0.6) is 11.8 Å². The molecule has 1 aromatic carbocycles. The van der Waals surface area contributed by atoms with Gasteiger partial charge in [-0.05, 0) is 58.0 Å². The third-order valence-corrected chi connectivity index (χ3v) is 7.95. The van der Waals surface area contributed by atoms with Crippen molar-refractivity contribution in [3.05, 3.63) is 40.6 Å². The van der Waals surface area contributed by atoms with Crippen LogP contribution in [-0.4, -0.2) is 101 Å². The van der Waals surface area contributed by atoms with Crippen molar-refractivity contribution in [3.63, 3.8) is 0 Å². The van der Waals surface area contributed by atoms with Gasteiger partial charge in [0.15, 0.2) is 0 Å². The van der Waals surface area contributed by atoms with E-state index >= 15 is 0 Å². The van der Waals surface area contributed by atoms with E-state index in [4.69, 9.17) is 19.4 Å². The first kappa shape index (κ1) is 26.0. The molecule has 0 unspecified atom stereocenters. The van der Waals surface area contributed by atoms with Crippen LogP contribution in [0.2, 0.25) is 0 Å². The van der Waals surface area contributed by atoms with Crippen LogP contribution in [0.3, 0.4) is 0 Å². The standard InChI is InChI=1S/C27H36N6O5/c1-17-7-8-20(37-4)12-21(17)25(34)32-14-22-23(15-32)28-26(38-16-19-6-5-9-30(19)3)29-24(22)33-11-10-31(27(35)36)13-18(33)2/h7-8,12,18-19H,5-6,9-11,13-16H2,1-4H3,(H,35,36)/t18-,19-/m0/s1. The highest BCUT2D eigenvalue weighted by atomic mass is 16.5. The van der Waals surface area contributed by atoms with E-state index in [1.807, 2.05) is 26.0 Å². The predicted molar refractivity (Wildman–Crippen MR) is 141 cm³/mol. The number of piperazine rings is 1. The molecule has 0 spiro atoms. The Hall–Kier alpha value is -3.60. The number of carbonyl (C=O) groups excluding carboxylic acids is 1. The Morgan fingerprint density at radius 2 is 1.95 bits per heavy atom. The molecule has 4 heterocycles. The lowest BCUT2D eigenvalue weighted by atomic mass is 10.1. The molecule has 2 saturated heterocycles. The SMILES string of the molecule is COc1ccc(C)c(C(=O)N2Cc3nc(OC[C@@H]4CCCN4C)nc(N4CCN(C(=O)O)C[C@@H]4C)c3C2)c1. The van der Waals surface area contributed by atoms with E-state index < -0.39 is 6.09 Å². The molecule has 0 radical (unpaired) electrons. The highest BCUT2D eigenvalue weighted by Gasteiger charge is 2.35. The minimum Gasteiger partial charge on any atom is -0.497 e. The summed E-state index contributed by atoms with van der Waals surface area (Å²) in [7, 11) is 3.69. The Kier molecular flexibility index (Phi) is 7.29. The van der Waals surface area contributed by atoms with Crippen molar-refractivity contribution in [1.82, 2.24) is 24.7 Å². The van der Waals surface area contributed by atoms with Crippen LogP contribution >= 0.6 is 0 Å². The molecule has 2 amide bonds. The lowest BCUT2D eigenvalue weighted by molar-refractivity contribution is 0.0749. The number of anilines is 1. The quantitative estimate of drug-likeness (QED) is 0.609. The van der Waals surface area contributed by atoms with Crippen molar-refractivity contribution in [2.75, 3.05) is 51.8 Å². The largest absolute Gasteiger partial charge is 0.497 e. The van der Waals surface area contributed by atoms with Gasteiger partial charge in [-0.15, -0.1) is 0 Å². The third-order valence-electron chi connectivity index (χ3n) is 7.95. The number of hydrogen-bond acceptors (Lipinski definition) is 8. The summed E-state index contributed by atoms with van der Waals surface area (Å²) >= 11 is 0. The topological polar surface area (TPSA) is 112 Å². The van der Waals surface area contributed by atoms with Crippen molar-refractivity contribution >= 4 is 17.8 Å². The summed E-state index contributed by atoms with van der Waals surface area (Å²) in [5, 5.41) is 9.48. The van der Waals surface area contributed by atoms with Crippen molar-refractivity contribution < 1.29 is 24.2 Å². The van der Waals surface area contributed by atoms with Gasteiger partial charge in [0.1, 0.15) is 18.2 Å². The van der Waals surface area contributed by atoms with E-state index in [0.717, 1.165) is 42.0 Å². The molecule has 3 aliphatic rings. The van der Waals surface area contributed by atoms with Gasteiger partial charge in [0.2, 0.25) is 0 Å². The second kappa shape index (κ2) is 10.6. The Balaban J connectivity index is 1.43. The molecule has 204 valence electrons. The van der Waals surface area contributed by atoms with Crippen LogP contribution < -0.4 is 14.4 Å². The number of ether oxygens (including phenoxy) is 2. The molecule has 11 nitrogen and oxygen atoms in total. The number of fused-ring (bicyclic) bond motifs is 1. The molecule has 2 fully saturated rings. The maximum absolute atomic E-state index is 13.6. The number of likely N-dealkylation sites (N-methyl/N-ethyl adjacent to an activating group) is 1. The van der Waals surface area contributed by atoms with E-state index in [0.29, 0.717) is 62.7 Å². The Morgan fingerprint density at radius 1 is 1.13 bits per heavy atom. The highest BCUT2D eigenvalue weighted by molar-refractivity contribution is 5.96. The van der Waals surface area contributed by atoms with Gasteiger partial charge in [-0.25, -0.2) is 4.79 Å². The van der Waals surface area contributed by atoms with Gasteiger partial charge in [0.05, 0.1) is 25.9 Å². The molecule has 1 N–H and O–H groups in total. The number of aryl methyl sites for hydroxylation is 1. The molecule has 2 atom stereocenters. The summed E-state index contributed by atoms with van der Waals surface area (Å²) < 4.78 is 11.5. The fourth-order valence-corrected chi connectivity index (χ4v) is 5.60. The first-order valence-corrected chi connectivity index (χ1v) is 13.2. The van der Waals surface area contributed by atoms with Gasteiger partial charge in [-0.1, -0.05) is 6.07 Å². The molecular weight excluding hydrogens is 488 g/mol. The Bertz CT molecular complexity index is 1220. The van der Waals surface area contributed by atoms with Gasteiger partial charge < -0.3 is 34.2 Å². The average molecular weight is 525 g/mol. The molecule has 2 aromatic rings. The monoisotopic (exact) mass is 524 g/mol. The van der Waals surface area contributed by atoms with Gasteiger partial charge in [0, 0.05) is 42.8 Å². The van der Waals surface area contributed by atoms with Crippen LogP contribution in [0, 0.1) is 6.92 Å². The van der Waals surface area contributed by atoms with Crippen LogP contribution in [0.4, 0.5) is 10.6 Å². The predicted octanol–water partition coefficient (Wildman–Crippen LogP) is 2.61. The number of carboxylic acid groups (broad SMARTS) is 1. The van der Waals surface area contributed by atoms with Crippen molar-refractivity contribution in [2.24, 2.45) is 0 Å². The number of rotatable bonds is 6. The van der Waals surface area contributed by atoms with Crippen molar-refractivity contribution in [3.8, 4) is 11.8 Å². The number of amides is 2. The minimum atomic E-state index is -0.917. The fourth-order valence-electron chi connectivity index (χ4n) is 5.60. The number of nitrogens with zero attached hydrogens (tertiary/aromatic N) is 6. The zero-order valence-corrected chi connectivity index (χ0v) is 22.5. The zero-order chi connectivity index (χ0) is 27.0. The maximum atomic E-state index is 13.6. The minimum absolute atomic E-state index is 0.0851. The van der Waals surface area contributed by atoms with Gasteiger partial charge >= 0.3 is 12.1 Å². The number of aromatic nitrogens is 2. The molecule has 0 aliphatic carbocycles. The summed E-state index contributed by atoms with van der Waals surface area (Å²) in [6.45, 7) is 7.45. The second-order valence-electron chi connectivity index (χ2n) is 10.5. The molecule has 1 aromatic heterocycles. The van der Waals surface area contributed by atoms with Gasteiger partial charge in [-0.2, -0.15) is 9.97 Å². The molecule has 3 aliphatic heterocycles. The highest BCUT2D eigenvalue weighted by Crippen LogP contribution is 2.34. The molecule has 0 saturated carbocycles. The molecule has 38 heavy (non-hydrogen) atoms. The van der Waals surface area contributed by atoms with E-state index in [1.54, 1.807) is 18.1 Å². The summed E-state index contributed by atoms with van der Waals surface area (Å²) in [6.07, 6.45) is 1.30. The van der Waals surface area contributed by atoms with Gasteiger partial charge in [-0.3, -0.25) is 4.79 Å². The van der Waals surface area contributed by atoms with Crippen LogP contribution in [0.15, 0.2) is 18.2 Å². The number of likely N-dealkylation sites (tertiary alicyclic amines) is 1. The fraction of sp³-hybridized carbons (Fsp3) is 0.556. The van der Waals surface area contributed by atoms with E-state index in [-0.39, 0.29) is 11.9 Å². The smallest absolute Gasteiger partial charge is 0.407 e. The van der Waals surface area contributed by atoms with Crippen molar-refractivity contribution in [2.45, 2.75) is 51.9 Å². The first-order chi connectivity index (χ1) is 18.2. The zero-order valence-electron chi connectivity index (χ0n) is 22.5.